The summed E-state index contributed by atoms with van der Waals surface area (Å²) in [6.45, 7) is 5.40. The first-order chi connectivity index (χ1) is 7.18. The van der Waals surface area contributed by atoms with E-state index in [4.69, 9.17) is 0 Å². The molecular weight excluding hydrogens is 208 g/mol. The smallest absolute Gasteiger partial charge is 0.233 e. The van der Waals surface area contributed by atoms with Gasteiger partial charge in [0, 0.05) is 12.6 Å². The molecule has 15 heavy (non-hydrogen) atoms. The van der Waals surface area contributed by atoms with Gasteiger partial charge in [-0.3, -0.25) is 4.79 Å². The maximum absolute atomic E-state index is 11.4. The number of carbonyl (C=O) groups is 1. The van der Waals surface area contributed by atoms with Crippen LogP contribution in [-0.4, -0.2) is 36.5 Å². The maximum atomic E-state index is 11.4. The van der Waals surface area contributed by atoms with Gasteiger partial charge in [-0.1, -0.05) is 13.8 Å². The van der Waals surface area contributed by atoms with E-state index in [0.717, 1.165) is 6.54 Å². The predicted molar refractivity (Wildman–Crippen MR) is 66.2 cm³/mol. The molecule has 1 saturated heterocycles. The van der Waals surface area contributed by atoms with Crippen molar-refractivity contribution >= 4 is 17.7 Å². The highest BCUT2D eigenvalue weighted by Crippen LogP contribution is 2.21. The molecule has 0 bridgehead atoms. The number of rotatable bonds is 5. The van der Waals surface area contributed by atoms with Gasteiger partial charge in [0.05, 0.1) is 6.54 Å². The van der Waals surface area contributed by atoms with Crippen LogP contribution in [0.25, 0.3) is 0 Å². The minimum atomic E-state index is 0.127. The molecule has 1 amide bonds. The Morgan fingerprint density at radius 2 is 2.07 bits per heavy atom. The van der Waals surface area contributed by atoms with Crippen LogP contribution >= 0.6 is 11.8 Å². The predicted octanol–water partition coefficient (Wildman–Crippen LogP) is 1.24. The molecule has 1 aliphatic heterocycles. The molecule has 0 aromatic carbocycles. The minimum Gasteiger partial charge on any atom is -0.355 e. The Labute approximate surface area is 96.8 Å². The Balaban J connectivity index is 2.05. The van der Waals surface area contributed by atoms with Gasteiger partial charge in [0.2, 0.25) is 5.91 Å². The zero-order valence-electron chi connectivity index (χ0n) is 9.71. The number of hydrogen-bond acceptors (Lipinski definition) is 3. The fourth-order valence-corrected chi connectivity index (χ4v) is 2.77. The van der Waals surface area contributed by atoms with Gasteiger partial charge in [-0.25, -0.2) is 0 Å². The van der Waals surface area contributed by atoms with Crippen LogP contribution < -0.4 is 10.6 Å². The first-order valence-electron chi connectivity index (χ1n) is 5.76. The molecule has 4 heteroatoms. The first-order valence-corrected chi connectivity index (χ1v) is 6.91. The van der Waals surface area contributed by atoms with Crippen molar-refractivity contribution in [3.63, 3.8) is 0 Å². The summed E-state index contributed by atoms with van der Waals surface area (Å²) in [5, 5.41) is 6.11. The third kappa shape index (κ3) is 6.05. The monoisotopic (exact) mass is 230 g/mol. The molecule has 1 fully saturated rings. The van der Waals surface area contributed by atoms with E-state index in [1.54, 1.807) is 0 Å². The van der Waals surface area contributed by atoms with E-state index in [1.165, 1.54) is 24.3 Å². The lowest BCUT2D eigenvalue weighted by atomic mass is 10.0. The highest BCUT2D eigenvalue weighted by Gasteiger charge is 2.14. The van der Waals surface area contributed by atoms with Crippen molar-refractivity contribution in [3.8, 4) is 0 Å². The summed E-state index contributed by atoms with van der Waals surface area (Å²) in [6.07, 6.45) is 2.51. The summed E-state index contributed by atoms with van der Waals surface area (Å²) in [5.41, 5.74) is 0. The number of thioether (sulfide) groups is 1. The molecule has 2 N–H and O–H groups in total. The normalized spacial score (nSPS) is 18.1. The third-order valence-corrected chi connectivity index (χ3v) is 3.65. The molecule has 0 atom stereocenters. The van der Waals surface area contributed by atoms with Crippen LogP contribution in [0.5, 0.6) is 0 Å². The molecule has 0 saturated carbocycles. The molecule has 0 unspecified atom stereocenters. The topological polar surface area (TPSA) is 41.1 Å². The van der Waals surface area contributed by atoms with Crippen LogP contribution in [0.3, 0.4) is 0 Å². The van der Waals surface area contributed by atoms with Gasteiger partial charge in [0.25, 0.3) is 0 Å². The molecule has 88 valence electrons. The molecule has 0 spiro atoms. The van der Waals surface area contributed by atoms with Gasteiger partial charge in [0.1, 0.15) is 0 Å². The largest absolute Gasteiger partial charge is 0.355 e. The standard InChI is InChI=1S/C11H22N2OS/c1-9(2)12-8-11(14)13-7-10-3-5-15-6-4-10/h9-10,12H,3-8H2,1-2H3,(H,13,14). The fourth-order valence-electron chi connectivity index (χ4n) is 1.57. The molecular formula is C11H22N2OS. The van der Waals surface area contributed by atoms with Crippen LogP contribution in [0.2, 0.25) is 0 Å². The van der Waals surface area contributed by atoms with Crippen molar-refractivity contribution in [1.29, 1.82) is 0 Å². The Morgan fingerprint density at radius 1 is 1.40 bits per heavy atom. The molecule has 1 rings (SSSR count). The number of amides is 1. The van der Waals surface area contributed by atoms with Crippen molar-refractivity contribution in [2.75, 3.05) is 24.6 Å². The highest BCUT2D eigenvalue weighted by atomic mass is 32.2. The molecule has 1 heterocycles. The van der Waals surface area contributed by atoms with Crippen molar-refractivity contribution in [1.82, 2.24) is 10.6 Å². The van der Waals surface area contributed by atoms with E-state index >= 15 is 0 Å². The SMILES string of the molecule is CC(C)NCC(=O)NCC1CCSCC1. The van der Waals surface area contributed by atoms with E-state index in [2.05, 4.69) is 10.6 Å². The molecule has 0 aromatic heterocycles. The molecule has 3 nitrogen and oxygen atoms in total. The Hall–Kier alpha value is -0.220. The number of nitrogens with one attached hydrogen (secondary N) is 2. The van der Waals surface area contributed by atoms with Crippen LogP contribution in [-0.2, 0) is 4.79 Å². The average Bonchev–Trinajstić information content (AvgIpc) is 2.25. The Morgan fingerprint density at radius 3 is 2.67 bits per heavy atom. The van der Waals surface area contributed by atoms with E-state index in [9.17, 15) is 4.79 Å². The van der Waals surface area contributed by atoms with Crippen LogP contribution in [0.1, 0.15) is 26.7 Å². The summed E-state index contributed by atoms with van der Waals surface area (Å²) in [5.74, 6) is 3.34. The van der Waals surface area contributed by atoms with E-state index in [-0.39, 0.29) is 5.91 Å². The van der Waals surface area contributed by atoms with Crippen LogP contribution in [0.4, 0.5) is 0 Å². The van der Waals surface area contributed by atoms with Gasteiger partial charge in [0.15, 0.2) is 0 Å². The van der Waals surface area contributed by atoms with Gasteiger partial charge in [-0.2, -0.15) is 11.8 Å². The molecule has 1 aliphatic rings. The van der Waals surface area contributed by atoms with Crippen LogP contribution in [0, 0.1) is 5.92 Å². The third-order valence-electron chi connectivity index (χ3n) is 2.60. The lowest BCUT2D eigenvalue weighted by molar-refractivity contribution is -0.120. The second-order valence-corrected chi connectivity index (χ2v) is 5.62. The second kappa shape index (κ2) is 7.12. The first kappa shape index (κ1) is 12.8. The van der Waals surface area contributed by atoms with Crippen LogP contribution in [0.15, 0.2) is 0 Å². The fraction of sp³-hybridized carbons (Fsp3) is 0.909. The van der Waals surface area contributed by atoms with Crippen molar-refractivity contribution < 1.29 is 4.79 Å². The molecule has 0 aliphatic carbocycles. The Kier molecular flexibility index (Phi) is 6.10. The summed E-state index contributed by atoms with van der Waals surface area (Å²) in [6, 6.07) is 0.377. The highest BCUT2D eigenvalue weighted by molar-refractivity contribution is 7.99. The summed E-state index contributed by atoms with van der Waals surface area (Å²) >= 11 is 2.02. The summed E-state index contributed by atoms with van der Waals surface area (Å²) < 4.78 is 0. The van der Waals surface area contributed by atoms with Gasteiger partial charge < -0.3 is 10.6 Å². The Bertz CT molecular complexity index is 191. The minimum absolute atomic E-state index is 0.127. The summed E-state index contributed by atoms with van der Waals surface area (Å²) in [7, 11) is 0. The van der Waals surface area contributed by atoms with E-state index in [0.29, 0.717) is 18.5 Å². The average molecular weight is 230 g/mol. The molecule has 0 radical (unpaired) electrons. The number of carbonyl (C=O) groups excluding carboxylic acids is 1. The van der Waals surface area contributed by atoms with Crippen molar-refractivity contribution in [3.05, 3.63) is 0 Å². The maximum Gasteiger partial charge on any atom is 0.233 e. The zero-order chi connectivity index (χ0) is 11.1. The van der Waals surface area contributed by atoms with E-state index in [1.807, 2.05) is 25.6 Å². The zero-order valence-corrected chi connectivity index (χ0v) is 10.5. The second-order valence-electron chi connectivity index (χ2n) is 4.40. The van der Waals surface area contributed by atoms with Crippen molar-refractivity contribution in [2.45, 2.75) is 32.7 Å². The number of hydrogen-bond donors (Lipinski definition) is 2. The summed E-state index contributed by atoms with van der Waals surface area (Å²) in [4.78, 5) is 11.4. The quantitative estimate of drug-likeness (QED) is 0.747. The van der Waals surface area contributed by atoms with Gasteiger partial charge >= 0.3 is 0 Å². The molecule has 0 aromatic rings. The lowest BCUT2D eigenvalue weighted by Gasteiger charge is -2.21. The van der Waals surface area contributed by atoms with Gasteiger partial charge in [-0.15, -0.1) is 0 Å². The van der Waals surface area contributed by atoms with Crippen molar-refractivity contribution in [2.24, 2.45) is 5.92 Å². The van der Waals surface area contributed by atoms with E-state index < -0.39 is 0 Å². The lowest BCUT2D eigenvalue weighted by Crippen LogP contribution is -2.39. The van der Waals surface area contributed by atoms with Gasteiger partial charge in [-0.05, 0) is 30.3 Å².